The van der Waals surface area contributed by atoms with Crippen LogP contribution in [0.2, 0.25) is 0 Å². The van der Waals surface area contributed by atoms with Gasteiger partial charge in [0, 0.05) is 24.7 Å². The Hall–Kier alpha value is -1.62. The maximum Gasteiger partial charge on any atom is 0.573 e. The zero-order chi connectivity index (χ0) is 20.3. The van der Waals surface area contributed by atoms with Gasteiger partial charge in [-0.3, -0.25) is 0 Å². The third kappa shape index (κ3) is 5.05. The van der Waals surface area contributed by atoms with Gasteiger partial charge in [0.05, 0.1) is 31.6 Å². The summed E-state index contributed by atoms with van der Waals surface area (Å²) in [6.45, 7) is 3.01. The molecule has 0 saturated heterocycles. The minimum atomic E-state index is -4.79. The molecule has 1 aromatic heterocycles. The maximum absolute atomic E-state index is 12.7. The summed E-state index contributed by atoms with van der Waals surface area (Å²) in [5.74, 6) is 0.330. The Morgan fingerprint density at radius 2 is 2.14 bits per heavy atom. The second kappa shape index (κ2) is 8.81. The van der Waals surface area contributed by atoms with Gasteiger partial charge in [-0.25, -0.2) is 4.98 Å². The first-order valence-corrected chi connectivity index (χ1v) is 9.40. The number of imidazole rings is 1. The quantitative estimate of drug-likeness (QED) is 0.471. The van der Waals surface area contributed by atoms with Crippen LogP contribution in [0, 0.1) is 0 Å². The third-order valence-electron chi connectivity index (χ3n) is 4.21. The van der Waals surface area contributed by atoms with E-state index in [1.165, 1.54) is 13.2 Å². The van der Waals surface area contributed by atoms with Crippen LogP contribution < -0.4 is 4.74 Å². The van der Waals surface area contributed by atoms with Crippen molar-refractivity contribution in [1.29, 1.82) is 0 Å². The van der Waals surface area contributed by atoms with E-state index >= 15 is 0 Å². The maximum atomic E-state index is 12.7. The standard InChI is InChI=1S/C18H20BrF3N2O4/c1-11-8-24-14(5-6-27-11)16(19)23-17(24)12-3-4-15(28-18(20,21)22)13(7-12)9-26-10-25-2/h3-4,7,11H,5-6,8-10H2,1-2H3. The van der Waals surface area contributed by atoms with Crippen LogP contribution in [0.4, 0.5) is 13.2 Å². The van der Waals surface area contributed by atoms with Crippen LogP contribution in [0.5, 0.6) is 5.75 Å². The lowest BCUT2D eigenvalue weighted by molar-refractivity contribution is -0.275. The van der Waals surface area contributed by atoms with Gasteiger partial charge in [-0.2, -0.15) is 0 Å². The van der Waals surface area contributed by atoms with Crippen LogP contribution in [0.1, 0.15) is 18.2 Å². The SMILES string of the molecule is COCOCc1cc(-c2nc(Br)c3n2CC(C)OCC3)ccc1OC(F)(F)F. The van der Waals surface area contributed by atoms with E-state index in [0.717, 1.165) is 5.69 Å². The number of aromatic nitrogens is 2. The molecular weight excluding hydrogens is 445 g/mol. The van der Waals surface area contributed by atoms with Crippen molar-refractivity contribution in [3.05, 3.63) is 34.1 Å². The van der Waals surface area contributed by atoms with Gasteiger partial charge in [-0.05, 0) is 41.1 Å². The van der Waals surface area contributed by atoms with Gasteiger partial charge >= 0.3 is 6.36 Å². The number of ether oxygens (including phenoxy) is 4. The molecule has 6 nitrogen and oxygen atoms in total. The molecule has 28 heavy (non-hydrogen) atoms. The first-order valence-electron chi connectivity index (χ1n) is 8.60. The first-order chi connectivity index (χ1) is 13.3. The molecule has 3 rings (SSSR count). The van der Waals surface area contributed by atoms with Crippen molar-refractivity contribution in [3.8, 4) is 17.1 Å². The predicted molar refractivity (Wildman–Crippen MR) is 97.8 cm³/mol. The van der Waals surface area contributed by atoms with E-state index < -0.39 is 6.36 Å². The summed E-state index contributed by atoms with van der Waals surface area (Å²) >= 11 is 3.48. The second-order valence-electron chi connectivity index (χ2n) is 6.34. The summed E-state index contributed by atoms with van der Waals surface area (Å²) in [6, 6.07) is 4.43. The highest BCUT2D eigenvalue weighted by atomic mass is 79.9. The molecule has 0 fully saturated rings. The number of hydrogen-bond acceptors (Lipinski definition) is 5. The molecule has 1 atom stereocenters. The summed E-state index contributed by atoms with van der Waals surface area (Å²) in [7, 11) is 1.43. The largest absolute Gasteiger partial charge is 0.573 e. The van der Waals surface area contributed by atoms with E-state index in [2.05, 4.69) is 25.7 Å². The molecule has 0 N–H and O–H groups in total. The number of alkyl halides is 3. The minimum Gasteiger partial charge on any atom is -0.405 e. The Morgan fingerprint density at radius 1 is 1.36 bits per heavy atom. The van der Waals surface area contributed by atoms with Crippen molar-refractivity contribution >= 4 is 15.9 Å². The molecule has 0 spiro atoms. The molecule has 2 heterocycles. The number of methoxy groups -OCH3 is 1. The molecule has 0 saturated carbocycles. The van der Waals surface area contributed by atoms with Crippen molar-refractivity contribution in [2.45, 2.75) is 39.0 Å². The molecule has 1 aromatic carbocycles. The lowest BCUT2D eigenvalue weighted by Gasteiger charge is -2.16. The van der Waals surface area contributed by atoms with Gasteiger partial charge < -0.3 is 23.5 Å². The normalized spacial score (nSPS) is 17.3. The lowest BCUT2D eigenvalue weighted by Crippen LogP contribution is -2.18. The monoisotopic (exact) mass is 464 g/mol. The van der Waals surface area contributed by atoms with E-state index in [9.17, 15) is 13.2 Å². The first kappa shape index (κ1) is 21.1. The fourth-order valence-corrected chi connectivity index (χ4v) is 3.65. The van der Waals surface area contributed by atoms with Crippen molar-refractivity contribution in [2.24, 2.45) is 0 Å². The van der Waals surface area contributed by atoms with E-state index in [0.29, 0.717) is 35.6 Å². The van der Waals surface area contributed by atoms with Gasteiger partial charge in [0.25, 0.3) is 0 Å². The number of halogens is 4. The highest BCUT2D eigenvalue weighted by Crippen LogP contribution is 2.33. The lowest BCUT2D eigenvalue weighted by atomic mass is 10.1. The van der Waals surface area contributed by atoms with Crippen LogP contribution in [-0.4, -0.2) is 42.5 Å². The summed E-state index contributed by atoms with van der Waals surface area (Å²) in [5, 5.41) is 0. The summed E-state index contributed by atoms with van der Waals surface area (Å²) < 4.78 is 60.8. The van der Waals surface area contributed by atoms with Gasteiger partial charge in [0.2, 0.25) is 0 Å². The number of fused-ring (bicyclic) bond motifs is 1. The van der Waals surface area contributed by atoms with Crippen molar-refractivity contribution in [2.75, 3.05) is 20.5 Å². The van der Waals surface area contributed by atoms with Gasteiger partial charge in [0.15, 0.2) is 0 Å². The fraction of sp³-hybridized carbons (Fsp3) is 0.500. The molecule has 0 bridgehead atoms. The number of rotatable bonds is 6. The van der Waals surface area contributed by atoms with Gasteiger partial charge in [-0.15, -0.1) is 13.2 Å². The Labute approximate surface area is 168 Å². The molecule has 1 aliphatic rings. The predicted octanol–water partition coefficient (Wildman–Crippen LogP) is 4.29. The van der Waals surface area contributed by atoms with Crippen LogP contribution in [-0.2, 0) is 33.8 Å². The highest BCUT2D eigenvalue weighted by Gasteiger charge is 2.32. The summed E-state index contributed by atoms with van der Waals surface area (Å²) in [6.07, 6.45) is -4.10. The molecule has 10 heteroatoms. The number of nitrogens with zero attached hydrogens (tertiary/aromatic N) is 2. The number of hydrogen-bond donors (Lipinski definition) is 0. The Morgan fingerprint density at radius 3 is 2.86 bits per heavy atom. The zero-order valence-corrected chi connectivity index (χ0v) is 17.0. The van der Waals surface area contributed by atoms with E-state index in [1.807, 2.05) is 11.5 Å². The Kier molecular flexibility index (Phi) is 6.64. The Balaban J connectivity index is 1.99. The average Bonchev–Trinajstić information content (AvgIpc) is 2.79. The third-order valence-corrected chi connectivity index (χ3v) is 4.84. The van der Waals surface area contributed by atoms with Gasteiger partial charge in [-0.1, -0.05) is 0 Å². The molecule has 2 aromatic rings. The van der Waals surface area contributed by atoms with E-state index in [1.54, 1.807) is 12.1 Å². The fourth-order valence-electron chi connectivity index (χ4n) is 3.07. The minimum absolute atomic E-state index is 0.00144. The van der Waals surface area contributed by atoms with Crippen molar-refractivity contribution < 1.29 is 32.1 Å². The highest BCUT2D eigenvalue weighted by molar-refractivity contribution is 9.10. The van der Waals surface area contributed by atoms with E-state index in [4.69, 9.17) is 14.2 Å². The van der Waals surface area contributed by atoms with Crippen LogP contribution in [0.3, 0.4) is 0 Å². The van der Waals surface area contributed by atoms with Crippen LogP contribution >= 0.6 is 15.9 Å². The second-order valence-corrected chi connectivity index (χ2v) is 7.09. The summed E-state index contributed by atoms with van der Waals surface area (Å²) in [4.78, 5) is 4.58. The average molecular weight is 465 g/mol. The molecular formula is C18H20BrF3N2O4. The van der Waals surface area contributed by atoms with Gasteiger partial charge in [0.1, 0.15) is 23.0 Å². The Bertz CT molecular complexity index is 826. The zero-order valence-electron chi connectivity index (χ0n) is 15.4. The molecule has 0 amide bonds. The molecule has 154 valence electrons. The molecule has 1 unspecified atom stereocenters. The van der Waals surface area contributed by atoms with Crippen molar-refractivity contribution in [1.82, 2.24) is 9.55 Å². The number of benzene rings is 1. The summed E-state index contributed by atoms with van der Waals surface area (Å²) in [5.41, 5.74) is 1.90. The van der Waals surface area contributed by atoms with Crippen LogP contribution in [0.25, 0.3) is 11.4 Å². The molecule has 1 aliphatic heterocycles. The van der Waals surface area contributed by atoms with E-state index in [-0.39, 0.29) is 30.8 Å². The van der Waals surface area contributed by atoms with Crippen LogP contribution in [0.15, 0.2) is 22.8 Å². The molecule has 0 aliphatic carbocycles. The molecule has 0 radical (unpaired) electrons. The van der Waals surface area contributed by atoms with Crippen molar-refractivity contribution in [3.63, 3.8) is 0 Å². The smallest absolute Gasteiger partial charge is 0.405 e. The topological polar surface area (TPSA) is 54.7 Å².